The van der Waals surface area contributed by atoms with Gasteiger partial charge in [0, 0.05) is 19.2 Å². The van der Waals surface area contributed by atoms with Gasteiger partial charge in [0.25, 0.3) is 0 Å². The van der Waals surface area contributed by atoms with Crippen LogP contribution in [0.3, 0.4) is 0 Å². The van der Waals surface area contributed by atoms with E-state index in [2.05, 4.69) is 47.7 Å². The Kier molecular flexibility index (Phi) is 3.88. The van der Waals surface area contributed by atoms with E-state index < -0.39 is 0 Å². The summed E-state index contributed by atoms with van der Waals surface area (Å²) in [6.07, 6.45) is 5.65. The molecule has 2 unspecified atom stereocenters. The summed E-state index contributed by atoms with van der Waals surface area (Å²) in [7, 11) is 2.04. The molecule has 2 aromatic rings. The quantitative estimate of drug-likeness (QED) is 0.924. The number of aromatic nitrogens is 2. The largest absolute Gasteiger partial charge is 0.308 e. The van der Waals surface area contributed by atoms with Crippen molar-refractivity contribution < 1.29 is 0 Å². The van der Waals surface area contributed by atoms with Crippen LogP contribution in [0.4, 0.5) is 0 Å². The fourth-order valence-corrected chi connectivity index (χ4v) is 3.50. The maximum Gasteiger partial charge on any atom is 0.0561 e. The number of hydrogen-bond donors (Lipinski definition) is 1. The molecule has 106 valence electrons. The first-order chi connectivity index (χ1) is 9.81. The van der Waals surface area contributed by atoms with E-state index in [1.807, 2.05) is 17.9 Å². The molecule has 20 heavy (non-hydrogen) atoms. The van der Waals surface area contributed by atoms with Gasteiger partial charge in [0.2, 0.25) is 0 Å². The Morgan fingerprint density at radius 2 is 2.20 bits per heavy atom. The predicted octanol–water partition coefficient (Wildman–Crippen LogP) is 3.19. The highest BCUT2D eigenvalue weighted by Crippen LogP contribution is 2.40. The summed E-state index contributed by atoms with van der Waals surface area (Å²) >= 11 is 0. The lowest BCUT2D eigenvalue weighted by Gasteiger charge is -2.33. The number of nitrogens with one attached hydrogen (secondary N) is 1. The van der Waals surface area contributed by atoms with Gasteiger partial charge in [-0.1, -0.05) is 31.2 Å². The minimum Gasteiger partial charge on any atom is -0.308 e. The van der Waals surface area contributed by atoms with Crippen molar-refractivity contribution in [1.82, 2.24) is 15.1 Å². The second kappa shape index (κ2) is 5.80. The van der Waals surface area contributed by atoms with Gasteiger partial charge in [0.1, 0.15) is 0 Å². The van der Waals surface area contributed by atoms with E-state index in [1.165, 1.54) is 36.1 Å². The molecular formula is C17H23N3. The average Bonchev–Trinajstić information content (AvgIpc) is 2.90. The zero-order valence-corrected chi connectivity index (χ0v) is 12.3. The highest BCUT2D eigenvalue weighted by Gasteiger charge is 2.29. The number of aryl methyl sites for hydroxylation is 2. The summed E-state index contributed by atoms with van der Waals surface area (Å²) in [5.41, 5.74) is 4.33. The summed E-state index contributed by atoms with van der Waals surface area (Å²) in [4.78, 5) is 0. The van der Waals surface area contributed by atoms with Crippen LogP contribution in [0, 0.1) is 0 Å². The van der Waals surface area contributed by atoms with Gasteiger partial charge in [-0.25, -0.2) is 0 Å². The number of benzene rings is 1. The van der Waals surface area contributed by atoms with Crippen molar-refractivity contribution in [1.29, 1.82) is 0 Å². The second-order valence-electron chi connectivity index (χ2n) is 5.61. The molecule has 1 heterocycles. The molecule has 0 saturated heterocycles. The number of fused-ring (bicyclic) bond motifs is 1. The lowest BCUT2D eigenvalue weighted by atomic mass is 9.78. The van der Waals surface area contributed by atoms with E-state index >= 15 is 0 Å². The first-order valence-electron chi connectivity index (χ1n) is 7.60. The summed E-state index contributed by atoms with van der Waals surface area (Å²) in [5.74, 6) is 0.551. The van der Waals surface area contributed by atoms with Crippen molar-refractivity contribution in [3.05, 3.63) is 53.3 Å². The Hall–Kier alpha value is -1.61. The van der Waals surface area contributed by atoms with Gasteiger partial charge in [-0.3, -0.25) is 4.68 Å². The summed E-state index contributed by atoms with van der Waals surface area (Å²) < 4.78 is 2.00. The van der Waals surface area contributed by atoms with Crippen LogP contribution in [0.15, 0.2) is 36.5 Å². The van der Waals surface area contributed by atoms with Crippen LogP contribution in [0.2, 0.25) is 0 Å². The van der Waals surface area contributed by atoms with E-state index in [0.29, 0.717) is 12.0 Å². The van der Waals surface area contributed by atoms with Crippen molar-refractivity contribution in [2.24, 2.45) is 7.05 Å². The van der Waals surface area contributed by atoms with Crippen LogP contribution in [0.25, 0.3) is 0 Å². The molecule has 2 atom stereocenters. The van der Waals surface area contributed by atoms with Crippen molar-refractivity contribution in [3.63, 3.8) is 0 Å². The normalized spacial score (nSPS) is 19.6. The fraction of sp³-hybridized carbons (Fsp3) is 0.471. The standard InChI is InChI=1S/C17H23N3/c1-3-18-17(16-11-12-19-20(16)2)15-10-6-8-13-7-4-5-9-14(13)15/h4-5,7,9,11-12,15,17-18H,3,6,8,10H2,1-2H3. The molecule has 0 fully saturated rings. The molecule has 0 spiro atoms. The molecule has 3 nitrogen and oxygen atoms in total. The number of rotatable bonds is 4. The first-order valence-corrected chi connectivity index (χ1v) is 7.60. The Morgan fingerprint density at radius 3 is 2.95 bits per heavy atom. The molecule has 0 aliphatic heterocycles. The highest BCUT2D eigenvalue weighted by atomic mass is 15.3. The van der Waals surface area contributed by atoms with E-state index in [-0.39, 0.29) is 0 Å². The molecule has 0 amide bonds. The third-order valence-corrected chi connectivity index (χ3v) is 4.42. The molecule has 1 aromatic heterocycles. The summed E-state index contributed by atoms with van der Waals surface area (Å²) in [5, 5.41) is 8.02. The lowest BCUT2D eigenvalue weighted by Crippen LogP contribution is -2.30. The zero-order valence-electron chi connectivity index (χ0n) is 12.3. The van der Waals surface area contributed by atoms with Crippen LogP contribution in [0.5, 0.6) is 0 Å². The third-order valence-electron chi connectivity index (χ3n) is 4.42. The Morgan fingerprint density at radius 1 is 1.35 bits per heavy atom. The molecule has 1 aliphatic carbocycles. The van der Waals surface area contributed by atoms with E-state index in [9.17, 15) is 0 Å². The molecule has 3 heteroatoms. The smallest absolute Gasteiger partial charge is 0.0561 e. The molecule has 1 N–H and O–H groups in total. The monoisotopic (exact) mass is 269 g/mol. The van der Waals surface area contributed by atoms with Gasteiger partial charge < -0.3 is 5.32 Å². The van der Waals surface area contributed by atoms with E-state index in [0.717, 1.165) is 6.54 Å². The first kappa shape index (κ1) is 13.4. The van der Waals surface area contributed by atoms with E-state index in [4.69, 9.17) is 0 Å². The van der Waals surface area contributed by atoms with Gasteiger partial charge in [0.05, 0.1) is 11.7 Å². The summed E-state index contributed by atoms with van der Waals surface area (Å²) in [6, 6.07) is 11.4. The van der Waals surface area contributed by atoms with Crippen molar-refractivity contribution in [2.75, 3.05) is 6.54 Å². The molecule has 3 rings (SSSR count). The van der Waals surface area contributed by atoms with Crippen molar-refractivity contribution in [3.8, 4) is 0 Å². The molecule has 1 aromatic carbocycles. The number of hydrogen-bond acceptors (Lipinski definition) is 2. The fourth-order valence-electron chi connectivity index (χ4n) is 3.50. The van der Waals surface area contributed by atoms with Gasteiger partial charge in [-0.15, -0.1) is 0 Å². The predicted molar refractivity (Wildman–Crippen MR) is 81.7 cm³/mol. The maximum absolute atomic E-state index is 4.35. The van der Waals surface area contributed by atoms with Crippen LogP contribution < -0.4 is 5.32 Å². The zero-order chi connectivity index (χ0) is 13.9. The van der Waals surface area contributed by atoms with Crippen LogP contribution in [-0.2, 0) is 13.5 Å². The third kappa shape index (κ3) is 2.38. The molecule has 0 radical (unpaired) electrons. The number of likely N-dealkylation sites (N-methyl/N-ethyl adjacent to an activating group) is 1. The van der Waals surface area contributed by atoms with Crippen LogP contribution in [0.1, 0.15) is 48.5 Å². The Bertz CT molecular complexity index is 573. The van der Waals surface area contributed by atoms with Gasteiger partial charge in [-0.2, -0.15) is 5.10 Å². The maximum atomic E-state index is 4.35. The van der Waals surface area contributed by atoms with Crippen molar-refractivity contribution in [2.45, 2.75) is 38.1 Å². The van der Waals surface area contributed by atoms with Crippen LogP contribution in [-0.4, -0.2) is 16.3 Å². The van der Waals surface area contributed by atoms with Gasteiger partial charge in [-0.05, 0) is 43.0 Å². The SMILES string of the molecule is CCNC(c1ccnn1C)C1CCCc2ccccc21. The molecular weight excluding hydrogens is 246 g/mol. The number of nitrogens with zero attached hydrogens (tertiary/aromatic N) is 2. The highest BCUT2D eigenvalue weighted by molar-refractivity contribution is 5.35. The molecule has 1 aliphatic rings. The lowest BCUT2D eigenvalue weighted by molar-refractivity contribution is 0.390. The Labute approximate surface area is 121 Å². The van der Waals surface area contributed by atoms with E-state index in [1.54, 1.807) is 0 Å². The topological polar surface area (TPSA) is 29.9 Å². The van der Waals surface area contributed by atoms with Crippen LogP contribution >= 0.6 is 0 Å². The minimum atomic E-state index is 0.356. The average molecular weight is 269 g/mol. The van der Waals surface area contributed by atoms with Gasteiger partial charge in [0.15, 0.2) is 0 Å². The molecule has 0 saturated carbocycles. The molecule has 0 bridgehead atoms. The summed E-state index contributed by atoms with van der Waals surface area (Å²) in [6.45, 7) is 3.16. The second-order valence-corrected chi connectivity index (χ2v) is 5.61. The minimum absolute atomic E-state index is 0.356. The Balaban J connectivity index is 1.99. The van der Waals surface area contributed by atoms with Crippen molar-refractivity contribution >= 4 is 0 Å². The van der Waals surface area contributed by atoms with Gasteiger partial charge >= 0.3 is 0 Å².